The maximum atomic E-state index is 11.3. The van der Waals surface area contributed by atoms with Crippen LogP contribution in [0.4, 0.5) is 10.6 Å². The first-order chi connectivity index (χ1) is 7.15. The van der Waals surface area contributed by atoms with Gasteiger partial charge in [-0.05, 0) is 35.4 Å². The van der Waals surface area contributed by atoms with Crippen LogP contribution in [0.2, 0.25) is 5.15 Å². The topological polar surface area (TPSA) is 66.9 Å². The SMILES string of the molecule is O=C(Nc1cnc(I)c(Cl)n1)NC1CC1. The number of rotatable bonds is 2. The predicted octanol–water partition coefficient (Wildman–Crippen LogP) is 2.02. The molecule has 80 valence electrons. The summed E-state index contributed by atoms with van der Waals surface area (Å²) in [5.41, 5.74) is 0. The summed E-state index contributed by atoms with van der Waals surface area (Å²) in [5.74, 6) is 0.360. The second kappa shape index (κ2) is 4.48. The summed E-state index contributed by atoms with van der Waals surface area (Å²) in [6.07, 6.45) is 3.57. The Labute approximate surface area is 105 Å². The van der Waals surface area contributed by atoms with E-state index in [4.69, 9.17) is 11.6 Å². The number of amides is 2. The minimum Gasteiger partial charge on any atom is -0.335 e. The lowest BCUT2D eigenvalue weighted by molar-refractivity contribution is 0.251. The van der Waals surface area contributed by atoms with Gasteiger partial charge in [0.1, 0.15) is 3.70 Å². The van der Waals surface area contributed by atoms with Gasteiger partial charge in [0.25, 0.3) is 0 Å². The van der Waals surface area contributed by atoms with Crippen LogP contribution in [-0.2, 0) is 0 Å². The van der Waals surface area contributed by atoms with Crippen LogP contribution in [0.1, 0.15) is 12.8 Å². The Hall–Kier alpha value is -0.630. The number of aromatic nitrogens is 2. The van der Waals surface area contributed by atoms with Crippen molar-refractivity contribution in [1.29, 1.82) is 0 Å². The lowest BCUT2D eigenvalue weighted by atomic mass is 10.6. The molecule has 1 aromatic rings. The first-order valence-electron chi connectivity index (χ1n) is 4.40. The molecule has 2 rings (SSSR count). The molecule has 0 saturated heterocycles. The molecular weight excluding hydrogens is 330 g/mol. The highest BCUT2D eigenvalue weighted by Crippen LogP contribution is 2.19. The summed E-state index contributed by atoms with van der Waals surface area (Å²) < 4.78 is 0.613. The van der Waals surface area contributed by atoms with Gasteiger partial charge in [-0.15, -0.1) is 0 Å². The van der Waals surface area contributed by atoms with Gasteiger partial charge in [0.05, 0.1) is 6.20 Å². The lowest BCUT2D eigenvalue weighted by Gasteiger charge is -2.05. The van der Waals surface area contributed by atoms with Gasteiger partial charge < -0.3 is 5.32 Å². The van der Waals surface area contributed by atoms with Crippen molar-refractivity contribution < 1.29 is 4.79 Å². The number of nitrogens with one attached hydrogen (secondary N) is 2. The zero-order valence-electron chi connectivity index (χ0n) is 7.63. The van der Waals surface area contributed by atoms with Crippen molar-refractivity contribution in [2.24, 2.45) is 0 Å². The van der Waals surface area contributed by atoms with E-state index in [0.717, 1.165) is 12.8 Å². The summed E-state index contributed by atoms with van der Waals surface area (Å²) >= 11 is 7.73. The van der Waals surface area contributed by atoms with Crippen LogP contribution in [0.15, 0.2) is 6.20 Å². The minimum atomic E-state index is -0.260. The maximum Gasteiger partial charge on any atom is 0.320 e. The molecule has 0 radical (unpaired) electrons. The number of nitrogens with zero attached hydrogens (tertiary/aromatic N) is 2. The smallest absolute Gasteiger partial charge is 0.320 e. The van der Waals surface area contributed by atoms with E-state index in [2.05, 4.69) is 20.6 Å². The molecule has 2 N–H and O–H groups in total. The number of hydrogen-bond acceptors (Lipinski definition) is 3. The molecule has 15 heavy (non-hydrogen) atoms. The van der Waals surface area contributed by atoms with Crippen molar-refractivity contribution in [3.63, 3.8) is 0 Å². The highest BCUT2D eigenvalue weighted by Gasteiger charge is 2.23. The quantitative estimate of drug-likeness (QED) is 0.811. The van der Waals surface area contributed by atoms with Crippen LogP contribution in [-0.4, -0.2) is 22.0 Å². The van der Waals surface area contributed by atoms with Crippen LogP contribution >= 0.6 is 34.2 Å². The normalized spacial score (nSPS) is 14.8. The van der Waals surface area contributed by atoms with E-state index in [1.165, 1.54) is 6.20 Å². The number of carbonyl (C=O) groups is 1. The zero-order chi connectivity index (χ0) is 10.8. The van der Waals surface area contributed by atoms with Gasteiger partial charge in [-0.3, -0.25) is 5.32 Å². The summed E-state index contributed by atoms with van der Waals surface area (Å²) in [4.78, 5) is 19.3. The Balaban J connectivity index is 1.97. The van der Waals surface area contributed by atoms with Gasteiger partial charge in [-0.2, -0.15) is 0 Å². The fourth-order valence-corrected chi connectivity index (χ4v) is 1.38. The van der Waals surface area contributed by atoms with Crippen molar-refractivity contribution in [1.82, 2.24) is 15.3 Å². The molecule has 1 heterocycles. The Morgan fingerprint density at radius 2 is 2.33 bits per heavy atom. The average Bonchev–Trinajstić information content (AvgIpc) is 2.95. The van der Waals surface area contributed by atoms with E-state index in [9.17, 15) is 4.79 Å². The first-order valence-corrected chi connectivity index (χ1v) is 5.86. The first kappa shape index (κ1) is 10.9. The van der Waals surface area contributed by atoms with Gasteiger partial charge in [0.2, 0.25) is 0 Å². The molecule has 1 saturated carbocycles. The van der Waals surface area contributed by atoms with E-state index in [1.807, 2.05) is 22.6 Å². The van der Waals surface area contributed by atoms with Crippen molar-refractivity contribution in [2.75, 3.05) is 5.32 Å². The molecule has 0 aromatic carbocycles. The summed E-state index contributed by atoms with van der Waals surface area (Å²) in [6.45, 7) is 0. The van der Waals surface area contributed by atoms with Crippen molar-refractivity contribution >= 4 is 46.0 Å². The Bertz CT molecular complexity index is 396. The Morgan fingerprint density at radius 3 is 2.93 bits per heavy atom. The van der Waals surface area contributed by atoms with E-state index in [-0.39, 0.29) is 6.03 Å². The van der Waals surface area contributed by atoms with Gasteiger partial charge in [-0.1, -0.05) is 11.6 Å². The summed E-state index contributed by atoms with van der Waals surface area (Å²) in [7, 11) is 0. The Kier molecular flexibility index (Phi) is 3.25. The second-order valence-corrected chi connectivity index (χ2v) is 4.59. The van der Waals surface area contributed by atoms with Crippen molar-refractivity contribution in [3.05, 3.63) is 15.1 Å². The van der Waals surface area contributed by atoms with Crippen molar-refractivity contribution in [3.8, 4) is 0 Å². The van der Waals surface area contributed by atoms with E-state index < -0.39 is 0 Å². The molecule has 1 aromatic heterocycles. The third-order valence-corrected chi connectivity index (χ3v) is 3.21. The van der Waals surface area contributed by atoms with Crippen LogP contribution in [0, 0.1) is 3.70 Å². The Morgan fingerprint density at radius 1 is 1.60 bits per heavy atom. The molecule has 0 aliphatic heterocycles. The molecule has 0 unspecified atom stereocenters. The largest absolute Gasteiger partial charge is 0.335 e. The van der Waals surface area contributed by atoms with Crippen LogP contribution in [0.25, 0.3) is 0 Å². The third kappa shape index (κ3) is 3.16. The molecule has 1 aliphatic rings. The summed E-state index contributed by atoms with van der Waals surface area (Å²) in [5, 5.41) is 5.63. The standard InChI is InChI=1S/C8H8ClIN4O/c9-6-7(10)11-3-5(13-6)14-8(15)12-4-1-2-4/h3-4H,1-2H2,(H2,12,13,14,15). The predicted molar refractivity (Wildman–Crippen MR) is 64.9 cm³/mol. The fraction of sp³-hybridized carbons (Fsp3) is 0.375. The molecular formula is C8H8ClIN4O. The number of halogens is 2. The van der Waals surface area contributed by atoms with E-state index >= 15 is 0 Å². The minimum absolute atomic E-state index is 0.260. The highest BCUT2D eigenvalue weighted by molar-refractivity contribution is 14.1. The van der Waals surface area contributed by atoms with E-state index in [0.29, 0.717) is 20.7 Å². The molecule has 1 fully saturated rings. The fourth-order valence-electron chi connectivity index (χ4n) is 0.978. The monoisotopic (exact) mass is 338 g/mol. The molecule has 0 bridgehead atoms. The zero-order valence-corrected chi connectivity index (χ0v) is 10.5. The number of anilines is 1. The number of urea groups is 1. The molecule has 2 amide bonds. The van der Waals surface area contributed by atoms with Gasteiger partial charge in [0.15, 0.2) is 11.0 Å². The number of hydrogen-bond donors (Lipinski definition) is 2. The number of carbonyl (C=O) groups excluding carboxylic acids is 1. The third-order valence-electron chi connectivity index (χ3n) is 1.84. The van der Waals surface area contributed by atoms with Gasteiger partial charge in [-0.25, -0.2) is 14.8 Å². The molecule has 1 aliphatic carbocycles. The lowest BCUT2D eigenvalue weighted by Crippen LogP contribution is -2.30. The van der Waals surface area contributed by atoms with Gasteiger partial charge >= 0.3 is 6.03 Å². The van der Waals surface area contributed by atoms with Gasteiger partial charge in [0, 0.05) is 6.04 Å². The average molecular weight is 339 g/mol. The molecule has 7 heteroatoms. The van der Waals surface area contributed by atoms with Crippen LogP contribution in [0.5, 0.6) is 0 Å². The van der Waals surface area contributed by atoms with Crippen molar-refractivity contribution in [2.45, 2.75) is 18.9 Å². The van der Waals surface area contributed by atoms with Crippen LogP contribution in [0.3, 0.4) is 0 Å². The second-order valence-electron chi connectivity index (χ2n) is 3.21. The maximum absolute atomic E-state index is 11.3. The molecule has 0 atom stereocenters. The summed E-state index contributed by atoms with van der Waals surface area (Å²) in [6, 6.07) is 0.0568. The molecule has 0 spiro atoms. The highest BCUT2D eigenvalue weighted by atomic mass is 127. The van der Waals surface area contributed by atoms with E-state index in [1.54, 1.807) is 0 Å². The van der Waals surface area contributed by atoms with Crippen LogP contribution < -0.4 is 10.6 Å². The molecule has 5 nitrogen and oxygen atoms in total.